The summed E-state index contributed by atoms with van der Waals surface area (Å²) in [7, 11) is -1.02. The van der Waals surface area contributed by atoms with Crippen molar-refractivity contribution in [3.05, 3.63) is 20.8 Å². The Morgan fingerprint density at radius 3 is 2.47 bits per heavy atom. The molecule has 0 saturated heterocycles. The van der Waals surface area contributed by atoms with Crippen molar-refractivity contribution < 1.29 is 4.21 Å². The van der Waals surface area contributed by atoms with Crippen LogP contribution in [0.1, 0.15) is 38.6 Å². The van der Waals surface area contributed by atoms with E-state index in [-0.39, 0.29) is 10.8 Å². The first-order valence-corrected chi connectivity index (χ1v) is 7.50. The lowest BCUT2D eigenvalue weighted by atomic mass is 10.3. The Kier molecular flexibility index (Phi) is 4.52. The van der Waals surface area contributed by atoms with Crippen LogP contribution < -0.4 is 4.72 Å². The van der Waals surface area contributed by atoms with Gasteiger partial charge in [-0.2, -0.15) is 0 Å². The van der Waals surface area contributed by atoms with Crippen molar-refractivity contribution >= 4 is 38.3 Å². The van der Waals surface area contributed by atoms with Crippen LogP contribution in [0.2, 0.25) is 0 Å². The maximum absolute atomic E-state index is 11.8. The molecule has 0 aliphatic rings. The van der Waals surface area contributed by atoms with Crippen LogP contribution in [-0.2, 0) is 11.0 Å². The Bertz CT molecular complexity index is 357. The minimum atomic E-state index is -1.02. The van der Waals surface area contributed by atoms with Gasteiger partial charge in [-0.05, 0) is 55.8 Å². The van der Waals surface area contributed by atoms with Crippen LogP contribution in [0.15, 0.2) is 15.9 Å². The van der Waals surface area contributed by atoms with Crippen LogP contribution in [0.4, 0.5) is 0 Å². The zero-order valence-electron chi connectivity index (χ0n) is 9.33. The van der Waals surface area contributed by atoms with Gasteiger partial charge in [0.1, 0.15) is 0 Å². The van der Waals surface area contributed by atoms with Crippen molar-refractivity contribution in [2.24, 2.45) is 0 Å². The van der Waals surface area contributed by atoms with E-state index in [1.807, 2.05) is 39.8 Å². The molecule has 0 radical (unpaired) electrons. The lowest BCUT2D eigenvalue weighted by Gasteiger charge is -2.21. The van der Waals surface area contributed by atoms with Gasteiger partial charge < -0.3 is 0 Å². The van der Waals surface area contributed by atoms with Crippen LogP contribution in [0.3, 0.4) is 0 Å². The van der Waals surface area contributed by atoms with Crippen LogP contribution in [0.25, 0.3) is 0 Å². The van der Waals surface area contributed by atoms with Gasteiger partial charge in [0.15, 0.2) is 0 Å². The number of hydrogen-bond donors (Lipinski definition) is 1. The van der Waals surface area contributed by atoms with E-state index < -0.39 is 11.0 Å². The molecule has 1 rings (SSSR count). The first-order valence-electron chi connectivity index (χ1n) is 4.74. The predicted octanol–water partition coefficient (Wildman–Crippen LogP) is 3.62. The van der Waals surface area contributed by atoms with Crippen molar-refractivity contribution in [2.45, 2.75) is 38.5 Å². The third kappa shape index (κ3) is 3.98. The third-order valence-corrected chi connectivity index (χ3v) is 5.35. The van der Waals surface area contributed by atoms with Crippen LogP contribution in [0.5, 0.6) is 0 Å². The Balaban J connectivity index is 2.64. The Morgan fingerprint density at radius 2 is 2.07 bits per heavy atom. The van der Waals surface area contributed by atoms with Gasteiger partial charge in [0.05, 0.1) is 25.6 Å². The highest BCUT2D eigenvalue weighted by atomic mass is 79.9. The lowest BCUT2D eigenvalue weighted by molar-refractivity contribution is 0.618. The zero-order valence-corrected chi connectivity index (χ0v) is 12.6. The highest BCUT2D eigenvalue weighted by molar-refractivity contribution is 9.11. The molecule has 0 aliphatic heterocycles. The molecule has 1 N–H and O–H groups in total. The van der Waals surface area contributed by atoms with Crippen LogP contribution in [0, 0.1) is 0 Å². The maximum atomic E-state index is 11.8. The van der Waals surface area contributed by atoms with Crippen LogP contribution >= 0.6 is 27.3 Å². The van der Waals surface area contributed by atoms with E-state index >= 15 is 0 Å². The van der Waals surface area contributed by atoms with E-state index in [9.17, 15) is 4.21 Å². The van der Waals surface area contributed by atoms with E-state index in [4.69, 9.17) is 0 Å². The molecule has 2 atom stereocenters. The summed E-state index contributed by atoms with van der Waals surface area (Å²) in [6.45, 7) is 7.93. The quantitative estimate of drug-likeness (QED) is 0.907. The van der Waals surface area contributed by atoms with Crippen molar-refractivity contribution in [3.63, 3.8) is 0 Å². The molecule has 2 nitrogen and oxygen atoms in total. The van der Waals surface area contributed by atoms with Gasteiger partial charge in [0, 0.05) is 4.88 Å². The standard InChI is InChI=1S/C10H16BrNOS2/c1-7(8-5-6-9(11)14-8)12-15(13)10(2,3)4/h5-7,12H,1-4H3/t7-,15?/m1/s1. The average molecular weight is 310 g/mol. The van der Waals surface area contributed by atoms with E-state index in [0.717, 1.165) is 3.79 Å². The molecule has 15 heavy (non-hydrogen) atoms. The predicted molar refractivity (Wildman–Crippen MR) is 71.5 cm³/mol. The fraction of sp³-hybridized carbons (Fsp3) is 0.600. The summed E-state index contributed by atoms with van der Waals surface area (Å²) in [5.74, 6) is 0. The maximum Gasteiger partial charge on any atom is 0.0976 e. The monoisotopic (exact) mass is 309 g/mol. The zero-order chi connectivity index (χ0) is 11.6. The number of halogens is 1. The molecule has 5 heteroatoms. The highest BCUT2D eigenvalue weighted by Gasteiger charge is 2.22. The van der Waals surface area contributed by atoms with Crippen molar-refractivity contribution in [1.82, 2.24) is 4.72 Å². The minimum absolute atomic E-state index is 0.126. The summed E-state index contributed by atoms with van der Waals surface area (Å²) in [6, 6.07) is 4.19. The van der Waals surface area contributed by atoms with E-state index in [1.165, 1.54) is 4.88 Å². The normalized spacial score (nSPS) is 16.3. The minimum Gasteiger partial charge on any atom is -0.242 e. The molecular formula is C10H16BrNOS2. The summed E-state index contributed by atoms with van der Waals surface area (Å²) in [6.07, 6.45) is 0. The number of nitrogens with one attached hydrogen (secondary N) is 1. The fourth-order valence-electron chi connectivity index (χ4n) is 0.956. The molecular weight excluding hydrogens is 294 g/mol. The van der Waals surface area contributed by atoms with Crippen LogP contribution in [-0.4, -0.2) is 8.96 Å². The topological polar surface area (TPSA) is 29.1 Å². The van der Waals surface area contributed by atoms with E-state index in [2.05, 4.69) is 20.7 Å². The fourth-order valence-corrected chi connectivity index (χ4v) is 3.26. The molecule has 0 aliphatic carbocycles. The smallest absolute Gasteiger partial charge is 0.0976 e. The summed E-state index contributed by atoms with van der Waals surface area (Å²) in [4.78, 5) is 1.19. The number of rotatable bonds is 3. The van der Waals surface area contributed by atoms with Gasteiger partial charge in [-0.15, -0.1) is 11.3 Å². The summed E-state index contributed by atoms with van der Waals surface area (Å²) < 4.78 is 15.8. The first-order chi connectivity index (χ1) is 6.80. The molecule has 86 valence electrons. The van der Waals surface area contributed by atoms with Gasteiger partial charge in [0.2, 0.25) is 0 Å². The Labute approximate surface area is 106 Å². The van der Waals surface area contributed by atoms with Crippen molar-refractivity contribution in [2.75, 3.05) is 0 Å². The second-order valence-electron chi connectivity index (χ2n) is 4.36. The second-order valence-corrected chi connectivity index (χ2v) is 8.86. The molecule has 1 heterocycles. The third-order valence-electron chi connectivity index (χ3n) is 1.86. The van der Waals surface area contributed by atoms with Crippen molar-refractivity contribution in [1.29, 1.82) is 0 Å². The molecule has 0 saturated carbocycles. The van der Waals surface area contributed by atoms with Gasteiger partial charge in [-0.3, -0.25) is 0 Å². The largest absolute Gasteiger partial charge is 0.242 e. The summed E-state index contributed by atoms with van der Waals surface area (Å²) >= 11 is 5.09. The van der Waals surface area contributed by atoms with Gasteiger partial charge >= 0.3 is 0 Å². The molecule has 1 aromatic heterocycles. The van der Waals surface area contributed by atoms with Gasteiger partial charge in [-0.25, -0.2) is 8.93 Å². The number of hydrogen-bond acceptors (Lipinski definition) is 2. The lowest BCUT2D eigenvalue weighted by Crippen LogP contribution is -2.34. The number of thiophene rings is 1. The second kappa shape index (κ2) is 5.08. The SMILES string of the molecule is C[C@@H](NS(=O)C(C)(C)C)c1ccc(Br)s1. The molecule has 0 bridgehead atoms. The molecule has 1 unspecified atom stereocenters. The molecule has 0 amide bonds. The molecule has 0 aromatic carbocycles. The summed E-state index contributed by atoms with van der Waals surface area (Å²) in [5.41, 5.74) is 0. The molecule has 1 aromatic rings. The van der Waals surface area contributed by atoms with E-state index in [0.29, 0.717) is 0 Å². The molecule has 0 spiro atoms. The highest BCUT2D eigenvalue weighted by Crippen LogP contribution is 2.27. The Hall–Kier alpha value is 0.290. The summed E-state index contributed by atoms with van der Waals surface area (Å²) in [5, 5.41) is 0. The average Bonchev–Trinajstić information content (AvgIpc) is 2.50. The first kappa shape index (κ1) is 13.4. The van der Waals surface area contributed by atoms with Crippen molar-refractivity contribution in [3.8, 4) is 0 Å². The van der Waals surface area contributed by atoms with E-state index in [1.54, 1.807) is 11.3 Å². The Morgan fingerprint density at radius 1 is 1.47 bits per heavy atom. The van der Waals surface area contributed by atoms with Gasteiger partial charge in [-0.1, -0.05) is 0 Å². The molecule has 0 fully saturated rings. The van der Waals surface area contributed by atoms with Gasteiger partial charge in [0.25, 0.3) is 0 Å².